The van der Waals surface area contributed by atoms with E-state index in [1.165, 1.54) is 18.7 Å². The van der Waals surface area contributed by atoms with E-state index in [1.807, 2.05) is 31.2 Å². The summed E-state index contributed by atoms with van der Waals surface area (Å²) in [7, 11) is 0. The van der Waals surface area contributed by atoms with Crippen molar-refractivity contribution in [3.63, 3.8) is 0 Å². The molecule has 1 N–H and O–H groups in total. The molecule has 2 aromatic carbocycles. The maximum atomic E-state index is 13.6. The van der Waals surface area contributed by atoms with Gasteiger partial charge < -0.3 is 10.1 Å². The second kappa shape index (κ2) is 8.80. The number of anilines is 1. The van der Waals surface area contributed by atoms with Crippen LogP contribution in [0.4, 0.5) is 14.5 Å². The predicted molar refractivity (Wildman–Crippen MR) is 97.0 cm³/mol. The fourth-order valence-electron chi connectivity index (χ4n) is 2.02. The molecule has 7 heteroatoms. The lowest BCUT2D eigenvalue weighted by Crippen LogP contribution is -2.32. The second-order valence-corrected chi connectivity index (χ2v) is 7.18. The van der Waals surface area contributed by atoms with Crippen LogP contribution in [0.3, 0.4) is 0 Å². The van der Waals surface area contributed by atoms with E-state index in [1.54, 1.807) is 6.92 Å². The number of nitrogens with one attached hydrogen (secondary N) is 1. The van der Waals surface area contributed by atoms with Gasteiger partial charge in [0, 0.05) is 11.0 Å². The standard InChI is InChI=1S/C19H19F2NO3S/c1-11-4-7-15(8-5-11)26-13(3)19(24)25-12(2)18(23)22-17-9-6-14(20)10-16(17)21/h4-10,12-13H,1-3H3,(H,22,23)/t12-,13-/m1/s1. The smallest absolute Gasteiger partial charge is 0.319 e. The van der Waals surface area contributed by atoms with Gasteiger partial charge in [-0.1, -0.05) is 17.7 Å². The monoisotopic (exact) mass is 379 g/mol. The Labute approximate surface area is 154 Å². The Balaban J connectivity index is 1.90. The molecule has 0 aliphatic rings. The first-order valence-electron chi connectivity index (χ1n) is 7.96. The molecule has 0 aliphatic carbocycles. The normalized spacial score (nSPS) is 13.0. The van der Waals surface area contributed by atoms with Crippen molar-refractivity contribution in [2.24, 2.45) is 0 Å². The first-order valence-corrected chi connectivity index (χ1v) is 8.84. The molecule has 0 spiro atoms. The Bertz CT molecular complexity index is 796. The highest BCUT2D eigenvalue weighted by Crippen LogP contribution is 2.24. The average Bonchev–Trinajstić information content (AvgIpc) is 2.59. The lowest BCUT2D eigenvalue weighted by atomic mass is 10.2. The minimum atomic E-state index is -1.12. The molecule has 1 amide bonds. The summed E-state index contributed by atoms with van der Waals surface area (Å²) in [6.45, 7) is 5.03. The molecule has 0 heterocycles. The summed E-state index contributed by atoms with van der Waals surface area (Å²) in [5, 5.41) is 1.75. The van der Waals surface area contributed by atoms with Crippen molar-refractivity contribution in [2.45, 2.75) is 37.0 Å². The molecule has 0 bridgehead atoms. The fraction of sp³-hybridized carbons (Fsp3) is 0.263. The molecule has 0 unspecified atom stereocenters. The number of benzene rings is 2. The largest absolute Gasteiger partial charge is 0.452 e. The molecule has 2 atom stereocenters. The van der Waals surface area contributed by atoms with Gasteiger partial charge in [-0.15, -0.1) is 11.8 Å². The van der Waals surface area contributed by atoms with Crippen LogP contribution in [0.1, 0.15) is 19.4 Å². The number of amides is 1. The summed E-state index contributed by atoms with van der Waals surface area (Å²) in [4.78, 5) is 25.1. The van der Waals surface area contributed by atoms with Crippen molar-refractivity contribution in [1.82, 2.24) is 0 Å². The highest BCUT2D eigenvalue weighted by atomic mass is 32.2. The number of halogens is 2. The summed E-state index contributed by atoms with van der Waals surface area (Å²) >= 11 is 1.31. The van der Waals surface area contributed by atoms with Crippen molar-refractivity contribution in [3.8, 4) is 0 Å². The Morgan fingerprint density at radius 1 is 1.08 bits per heavy atom. The van der Waals surface area contributed by atoms with Crippen LogP contribution in [-0.2, 0) is 14.3 Å². The van der Waals surface area contributed by atoms with E-state index in [-0.39, 0.29) is 5.69 Å². The first-order chi connectivity index (χ1) is 12.3. The minimum absolute atomic E-state index is 0.179. The van der Waals surface area contributed by atoms with E-state index in [2.05, 4.69) is 5.32 Å². The van der Waals surface area contributed by atoms with Gasteiger partial charge in [0.25, 0.3) is 5.91 Å². The zero-order chi connectivity index (χ0) is 19.3. The Hall–Kier alpha value is -2.41. The van der Waals surface area contributed by atoms with Crippen LogP contribution in [0, 0.1) is 18.6 Å². The summed E-state index contributed by atoms with van der Waals surface area (Å²) in [5.41, 5.74) is 0.935. The third-order valence-electron chi connectivity index (χ3n) is 3.52. The van der Waals surface area contributed by atoms with Gasteiger partial charge in [0.1, 0.15) is 16.9 Å². The van der Waals surface area contributed by atoms with Crippen molar-refractivity contribution in [2.75, 3.05) is 5.32 Å². The number of hydrogen-bond donors (Lipinski definition) is 1. The molecule has 0 fully saturated rings. The summed E-state index contributed by atoms with van der Waals surface area (Å²) < 4.78 is 31.6. The third kappa shape index (κ3) is 5.56. The summed E-state index contributed by atoms with van der Waals surface area (Å²) in [6.07, 6.45) is -1.12. The maximum Gasteiger partial charge on any atom is 0.319 e. The highest BCUT2D eigenvalue weighted by Gasteiger charge is 2.23. The van der Waals surface area contributed by atoms with Crippen LogP contribution in [0.15, 0.2) is 47.4 Å². The van der Waals surface area contributed by atoms with E-state index < -0.39 is 34.9 Å². The SMILES string of the molecule is Cc1ccc(S[C@H](C)C(=O)O[C@H](C)C(=O)Nc2ccc(F)cc2F)cc1. The first kappa shape index (κ1) is 19.9. The summed E-state index contributed by atoms with van der Waals surface area (Å²) in [5.74, 6) is -2.91. The number of aryl methyl sites for hydroxylation is 1. The molecule has 0 saturated carbocycles. The lowest BCUT2D eigenvalue weighted by molar-refractivity contribution is -0.152. The molecular formula is C19H19F2NO3S. The molecule has 0 aromatic heterocycles. The quantitative estimate of drug-likeness (QED) is 0.600. The Morgan fingerprint density at radius 3 is 2.35 bits per heavy atom. The molecular weight excluding hydrogens is 360 g/mol. The third-order valence-corrected chi connectivity index (χ3v) is 4.61. The molecule has 26 heavy (non-hydrogen) atoms. The second-order valence-electron chi connectivity index (χ2n) is 5.77. The molecule has 0 radical (unpaired) electrons. The predicted octanol–water partition coefficient (Wildman–Crippen LogP) is 4.32. The van der Waals surface area contributed by atoms with E-state index >= 15 is 0 Å². The van der Waals surface area contributed by atoms with Crippen molar-refractivity contribution in [3.05, 3.63) is 59.7 Å². The molecule has 138 valence electrons. The van der Waals surface area contributed by atoms with Crippen molar-refractivity contribution in [1.29, 1.82) is 0 Å². The van der Waals surface area contributed by atoms with Gasteiger partial charge in [0.2, 0.25) is 0 Å². The van der Waals surface area contributed by atoms with Crippen LogP contribution in [0.5, 0.6) is 0 Å². The van der Waals surface area contributed by atoms with Gasteiger partial charge in [-0.2, -0.15) is 0 Å². The van der Waals surface area contributed by atoms with Gasteiger partial charge in [0.15, 0.2) is 6.10 Å². The van der Waals surface area contributed by atoms with Gasteiger partial charge in [-0.05, 0) is 45.0 Å². The highest BCUT2D eigenvalue weighted by molar-refractivity contribution is 8.00. The van der Waals surface area contributed by atoms with Gasteiger partial charge in [-0.25, -0.2) is 8.78 Å². The fourth-order valence-corrected chi connectivity index (χ4v) is 2.87. The minimum Gasteiger partial charge on any atom is -0.452 e. The zero-order valence-electron chi connectivity index (χ0n) is 14.6. The average molecular weight is 379 g/mol. The number of thioether (sulfide) groups is 1. The molecule has 0 saturated heterocycles. The van der Waals surface area contributed by atoms with Crippen molar-refractivity contribution < 1.29 is 23.1 Å². The zero-order valence-corrected chi connectivity index (χ0v) is 15.4. The Kier molecular flexibility index (Phi) is 6.74. The number of carbonyl (C=O) groups excluding carboxylic acids is 2. The number of hydrogen-bond acceptors (Lipinski definition) is 4. The lowest BCUT2D eigenvalue weighted by Gasteiger charge is -2.17. The molecule has 0 aliphatic heterocycles. The van der Waals surface area contributed by atoms with Gasteiger partial charge in [-0.3, -0.25) is 9.59 Å². The van der Waals surface area contributed by atoms with Crippen LogP contribution in [0.2, 0.25) is 0 Å². The van der Waals surface area contributed by atoms with Crippen LogP contribution >= 0.6 is 11.8 Å². The topological polar surface area (TPSA) is 55.4 Å². The van der Waals surface area contributed by atoms with E-state index in [0.29, 0.717) is 6.07 Å². The van der Waals surface area contributed by atoms with Crippen LogP contribution in [-0.4, -0.2) is 23.2 Å². The number of rotatable bonds is 6. The number of carbonyl (C=O) groups is 2. The van der Waals surface area contributed by atoms with Crippen molar-refractivity contribution >= 4 is 29.3 Å². The molecule has 4 nitrogen and oxygen atoms in total. The van der Waals surface area contributed by atoms with E-state index in [0.717, 1.165) is 22.6 Å². The van der Waals surface area contributed by atoms with Crippen LogP contribution in [0.25, 0.3) is 0 Å². The van der Waals surface area contributed by atoms with Gasteiger partial charge >= 0.3 is 5.97 Å². The van der Waals surface area contributed by atoms with E-state index in [4.69, 9.17) is 4.74 Å². The molecule has 2 rings (SSSR count). The summed E-state index contributed by atoms with van der Waals surface area (Å²) in [6, 6.07) is 10.5. The van der Waals surface area contributed by atoms with Crippen LogP contribution < -0.4 is 5.32 Å². The maximum absolute atomic E-state index is 13.6. The van der Waals surface area contributed by atoms with Gasteiger partial charge in [0.05, 0.1) is 5.69 Å². The number of ether oxygens (including phenoxy) is 1. The number of esters is 1. The van der Waals surface area contributed by atoms with E-state index in [9.17, 15) is 18.4 Å². The molecule has 2 aromatic rings. The Morgan fingerprint density at radius 2 is 1.73 bits per heavy atom.